The van der Waals surface area contributed by atoms with Crippen LogP contribution >= 0.6 is 12.2 Å². The van der Waals surface area contributed by atoms with Crippen molar-refractivity contribution in [2.45, 2.75) is 32.1 Å². The molecule has 0 atom stereocenters. The molecule has 0 radical (unpaired) electrons. The van der Waals surface area contributed by atoms with Crippen LogP contribution in [0.15, 0.2) is 24.3 Å². The van der Waals surface area contributed by atoms with E-state index in [1.165, 1.54) is 6.42 Å². The van der Waals surface area contributed by atoms with E-state index in [2.05, 4.69) is 0 Å². The van der Waals surface area contributed by atoms with Gasteiger partial charge in [-0.15, -0.1) is 0 Å². The molecule has 0 unspecified atom stereocenters. The number of carbonyl (C=O) groups is 1. The summed E-state index contributed by atoms with van der Waals surface area (Å²) in [6.07, 6.45) is 5.55. The molecule has 2 rings (SSSR count). The van der Waals surface area contributed by atoms with Crippen LogP contribution in [-0.2, 0) is 4.79 Å². The lowest BCUT2D eigenvalue weighted by Crippen LogP contribution is -2.35. The zero-order valence-corrected chi connectivity index (χ0v) is 12.1. The van der Waals surface area contributed by atoms with E-state index in [-0.39, 0.29) is 11.8 Å². The molecule has 0 bridgehead atoms. The Morgan fingerprint density at radius 2 is 1.89 bits per heavy atom. The minimum absolute atomic E-state index is 0.151. The second-order valence-electron chi connectivity index (χ2n) is 5.11. The van der Waals surface area contributed by atoms with Crippen molar-refractivity contribution in [1.29, 1.82) is 0 Å². The first-order chi connectivity index (χ1) is 9.11. The normalized spacial score (nSPS) is 16.1. The Balaban J connectivity index is 2.21. The first-order valence-electron chi connectivity index (χ1n) is 6.77. The van der Waals surface area contributed by atoms with Gasteiger partial charge in [0.05, 0.1) is 5.69 Å². The Morgan fingerprint density at radius 3 is 2.53 bits per heavy atom. The molecule has 102 valence electrons. The molecule has 4 heteroatoms. The molecule has 2 N–H and O–H groups in total. The van der Waals surface area contributed by atoms with Crippen LogP contribution in [0.5, 0.6) is 0 Å². The summed E-state index contributed by atoms with van der Waals surface area (Å²) in [6, 6.07) is 7.55. The van der Waals surface area contributed by atoms with Gasteiger partial charge < -0.3 is 10.6 Å². The fourth-order valence-corrected chi connectivity index (χ4v) is 2.89. The molecule has 19 heavy (non-hydrogen) atoms. The van der Waals surface area contributed by atoms with E-state index < -0.39 is 0 Å². The van der Waals surface area contributed by atoms with Gasteiger partial charge in [0.2, 0.25) is 5.91 Å². The van der Waals surface area contributed by atoms with E-state index in [4.69, 9.17) is 18.0 Å². The van der Waals surface area contributed by atoms with Crippen LogP contribution in [0.2, 0.25) is 0 Å². The number of para-hydroxylation sites is 1. The Hall–Kier alpha value is -1.42. The Kier molecular flexibility index (Phi) is 4.53. The minimum Gasteiger partial charge on any atom is -0.389 e. The predicted octanol–water partition coefficient (Wildman–Crippen LogP) is 2.86. The highest BCUT2D eigenvalue weighted by Gasteiger charge is 2.25. The molecule has 1 aliphatic carbocycles. The molecule has 1 fully saturated rings. The van der Waals surface area contributed by atoms with Crippen LogP contribution in [0.1, 0.15) is 37.7 Å². The highest BCUT2D eigenvalue weighted by atomic mass is 32.1. The summed E-state index contributed by atoms with van der Waals surface area (Å²) in [6.45, 7) is 0. The van der Waals surface area contributed by atoms with Crippen molar-refractivity contribution in [2.75, 3.05) is 11.9 Å². The number of nitrogens with zero attached hydrogens (tertiary/aromatic N) is 1. The van der Waals surface area contributed by atoms with Crippen LogP contribution in [-0.4, -0.2) is 17.9 Å². The molecule has 0 spiro atoms. The first kappa shape index (κ1) is 14.0. The smallest absolute Gasteiger partial charge is 0.229 e. The second-order valence-corrected chi connectivity index (χ2v) is 5.55. The molecule has 0 heterocycles. The number of benzene rings is 1. The van der Waals surface area contributed by atoms with Crippen molar-refractivity contribution < 1.29 is 4.79 Å². The van der Waals surface area contributed by atoms with Crippen molar-refractivity contribution in [3.05, 3.63) is 29.8 Å². The molecule has 3 nitrogen and oxygen atoms in total. The zero-order chi connectivity index (χ0) is 13.8. The summed E-state index contributed by atoms with van der Waals surface area (Å²) in [7, 11) is 1.81. The molecule has 1 aromatic rings. The van der Waals surface area contributed by atoms with E-state index in [0.29, 0.717) is 4.99 Å². The molecule has 0 aromatic heterocycles. The molecule has 1 amide bonds. The van der Waals surface area contributed by atoms with Gasteiger partial charge >= 0.3 is 0 Å². The molecule has 1 aliphatic rings. The fraction of sp³-hybridized carbons (Fsp3) is 0.467. The van der Waals surface area contributed by atoms with E-state index in [0.717, 1.165) is 36.9 Å². The fourth-order valence-electron chi connectivity index (χ4n) is 2.72. The van der Waals surface area contributed by atoms with Crippen LogP contribution in [0, 0.1) is 5.92 Å². The van der Waals surface area contributed by atoms with Gasteiger partial charge in [-0.1, -0.05) is 43.6 Å². The van der Waals surface area contributed by atoms with Crippen LogP contribution in [0.3, 0.4) is 0 Å². The number of carbonyl (C=O) groups excluding carboxylic acids is 1. The maximum Gasteiger partial charge on any atom is 0.229 e. The lowest BCUT2D eigenvalue weighted by Gasteiger charge is -2.27. The summed E-state index contributed by atoms with van der Waals surface area (Å²) in [4.78, 5) is 14.6. The maximum absolute atomic E-state index is 12.5. The van der Waals surface area contributed by atoms with E-state index in [1.807, 2.05) is 31.3 Å². The van der Waals surface area contributed by atoms with Gasteiger partial charge in [0.15, 0.2) is 0 Å². The standard InChI is InChI=1S/C15H20N2OS/c1-17(15(18)11-7-3-2-4-8-11)13-10-6-5-9-12(13)14(16)19/h5-6,9-11H,2-4,7-8H2,1H3,(H2,16,19). The first-order valence-corrected chi connectivity index (χ1v) is 7.18. The zero-order valence-electron chi connectivity index (χ0n) is 11.3. The molecule has 1 aromatic carbocycles. The summed E-state index contributed by atoms with van der Waals surface area (Å²) < 4.78 is 0. The summed E-state index contributed by atoms with van der Waals surface area (Å²) in [5.74, 6) is 0.335. The minimum atomic E-state index is 0.151. The average Bonchev–Trinajstić information content (AvgIpc) is 2.46. The topological polar surface area (TPSA) is 46.3 Å². The van der Waals surface area contributed by atoms with Gasteiger partial charge in [-0.25, -0.2) is 0 Å². The third kappa shape index (κ3) is 3.13. The van der Waals surface area contributed by atoms with Crippen molar-refractivity contribution >= 4 is 28.8 Å². The summed E-state index contributed by atoms with van der Waals surface area (Å²) >= 11 is 5.05. The number of thiocarbonyl (C=S) groups is 1. The lowest BCUT2D eigenvalue weighted by molar-refractivity contribution is -0.123. The number of hydrogen-bond donors (Lipinski definition) is 1. The predicted molar refractivity (Wildman–Crippen MR) is 82.3 cm³/mol. The third-order valence-corrected chi connectivity index (χ3v) is 4.04. The van der Waals surface area contributed by atoms with Gasteiger partial charge in [-0.3, -0.25) is 4.79 Å². The summed E-state index contributed by atoms with van der Waals surface area (Å²) in [5, 5.41) is 0. The molecular weight excluding hydrogens is 256 g/mol. The quantitative estimate of drug-likeness (QED) is 0.864. The highest BCUT2D eigenvalue weighted by Crippen LogP contribution is 2.28. The van der Waals surface area contributed by atoms with Crippen LogP contribution in [0.25, 0.3) is 0 Å². The van der Waals surface area contributed by atoms with Gasteiger partial charge in [-0.2, -0.15) is 0 Å². The van der Waals surface area contributed by atoms with Crippen LogP contribution in [0.4, 0.5) is 5.69 Å². The number of rotatable bonds is 3. The maximum atomic E-state index is 12.5. The van der Waals surface area contributed by atoms with E-state index >= 15 is 0 Å². The monoisotopic (exact) mass is 276 g/mol. The second kappa shape index (κ2) is 6.15. The van der Waals surface area contributed by atoms with Crippen molar-refractivity contribution in [2.24, 2.45) is 11.7 Å². The van der Waals surface area contributed by atoms with Crippen LogP contribution < -0.4 is 10.6 Å². The number of amides is 1. The molecular formula is C15H20N2OS. The van der Waals surface area contributed by atoms with Gasteiger partial charge in [-0.05, 0) is 25.0 Å². The number of hydrogen-bond acceptors (Lipinski definition) is 2. The largest absolute Gasteiger partial charge is 0.389 e. The lowest BCUT2D eigenvalue weighted by atomic mass is 9.88. The average molecular weight is 276 g/mol. The summed E-state index contributed by atoms with van der Waals surface area (Å²) in [5.41, 5.74) is 7.30. The van der Waals surface area contributed by atoms with Gasteiger partial charge in [0.25, 0.3) is 0 Å². The number of anilines is 1. The van der Waals surface area contributed by atoms with Crippen molar-refractivity contribution in [3.8, 4) is 0 Å². The van der Waals surface area contributed by atoms with Crippen molar-refractivity contribution in [3.63, 3.8) is 0 Å². The Labute approximate surface area is 119 Å². The third-order valence-electron chi connectivity index (χ3n) is 3.82. The molecule has 1 saturated carbocycles. The molecule has 0 aliphatic heterocycles. The van der Waals surface area contributed by atoms with E-state index in [9.17, 15) is 4.79 Å². The molecule has 0 saturated heterocycles. The van der Waals surface area contributed by atoms with E-state index in [1.54, 1.807) is 4.90 Å². The Bertz CT molecular complexity index is 481. The van der Waals surface area contributed by atoms with Gasteiger partial charge in [0.1, 0.15) is 4.99 Å². The van der Waals surface area contributed by atoms with Crippen molar-refractivity contribution in [1.82, 2.24) is 0 Å². The SMILES string of the molecule is CN(C(=O)C1CCCCC1)c1ccccc1C(N)=S. The highest BCUT2D eigenvalue weighted by molar-refractivity contribution is 7.80. The number of nitrogens with two attached hydrogens (primary N) is 1. The Morgan fingerprint density at radius 1 is 1.26 bits per heavy atom. The van der Waals surface area contributed by atoms with Gasteiger partial charge in [0, 0.05) is 18.5 Å².